The van der Waals surface area contributed by atoms with Crippen molar-refractivity contribution >= 4 is 0 Å². The van der Waals surface area contributed by atoms with Crippen molar-refractivity contribution in [3.63, 3.8) is 0 Å². The highest BCUT2D eigenvalue weighted by Gasteiger charge is 2.12. The molecule has 2 rings (SSSR count). The minimum atomic E-state index is -1.48. The van der Waals surface area contributed by atoms with Gasteiger partial charge in [0.15, 0.2) is 17.5 Å². The standard InChI is InChI=1S/C12H9F3N2/c1-6-7(2)17-11(5-16-6)8-3-9(13)12(15)10(14)4-8/h3-5H,1-2H3. The number of aryl methyl sites for hydroxylation is 2. The van der Waals surface area contributed by atoms with Crippen LogP contribution in [-0.4, -0.2) is 9.97 Å². The quantitative estimate of drug-likeness (QED) is 0.713. The van der Waals surface area contributed by atoms with Gasteiger partial charge in [0, 0.05) is 5.56 Å². The molecule has 0 unspecified atom stereocenters. The first kappa shape index (κ1) is 11.6. The molecule has 0 fully saturated rings. The molecule has 0 radical (unpaired) electrons. The fourth-order valence-corrected chi connectivity index (χ4v) is 1.38. The zero-order chi connectivity index (χ0) is 12.6. The summed E-state index contributed by atoms with van der Waals surface area (Å²) in [6.45, 7) is 3.51. The molecule has 2 nitrogen and oxygen atoms in total. The van der Waals surface area contributed by atoms with E-state index in [1.807, 2.05) is 0 Å². The van der Waals surface area contributed by atoms with E-state index < -0.39 is 17.5 Å². The summed E-state index contributed by atoms with van der Waals surface area (Å²) in [4.78, 5) is 8.17. The molecule has 0 amide bonds. The van der Waals surface area contributed by atoms with Crippen molar-refractivity contribution in [3.05, 3.63) is 47.2 Å². The van der Waals surface area contributed by atoms with E-state index in [9.17, 15) is 13.2 Å². The molecular weight excluding hydrogens is 229 g/mol. The summed E-state index contributed by atoms with van der Waals surface area (Å²) in [6.07, 6.45) is 1.40. The number of hydrogen-bond donors (Lipinski definition) is 0. The summed E-state index contributed by atoms with van der Waals surface area (Å²) < 4.78 is 38.9. The summed E-state index contributed by atoms with van der Waals surface area (Å²) in [5.74, 6) is -3.95. The average Bonchev–Trinajstić information content (AvgIpc) is 2.29. The third kappa shape index (κ3) is 2.13. The van der Waals surface area contributed by atoms with Crippen molar-refractivity contribution in [2.45, 2.75) is 13.8 Å². The summed E-state index contributed by atoms with van der Waals surface area (Å²) in [6, 6.07) is 1.80. The van der Waals surface area contributed by atoms with E-state index in [0.29, 0.717) is 11.4 Å². The van der Waals surface area contributed by atoms with Gasteiger partial charge in [0.25, 0.3) is 0 Å². The number of benzene rings is 1. The fraction of sp³-hybridized carbons (Fsp3) is 0.167. The highest BCUT2D eigenvalue weighted by Crippen LogP contribution is 2.22. The van der Waals surface area contributed by atoms with Crippen molar-refractivity contribution in [2.75, 3.05) is 0 Å². The van der Waals surface area contributed by atoms with Crippen LogP contribution in [0.4, 0.5) is 13.2 Å². The zero-order valence-corrected chi connectivity index (χ0v) is 9.26. The maximum atomic E-state index is 13.0. The van der Waals surface area contributed by atoms with Crippen LogP contribution in [0, 0.1) is 31.3 Å². The number of aromatic nitrogens is 2. The summed E-state index contributed by atoms with van der Waals surface area (Å²) >= 11 is 0. The Kier molecular flexibility index (Phi) is 2.83. The van der Waals surface area contributed by atoms with Gasteiger partial charge >= 0.3 is 0 Å². The summed E-state index contributed by atoms with van der Waals surface area (Å²) in [7, 11) is 0. The molecule has 0 N–H and O–H groups in total. The molecule has 1 aromatic heterocycles. The van der Waals surface area contributed by atoms with Crippen LogP contribution in [0.3, 0.4) is 0 Å². The monoisotopic (exact) mass is 238 g/mol. The fourth-order valence-electron chi connectivity index (χ4n) is 1.38. The topological polar surface area (TPSA) is 25.8 Å². The molecule has 2 aromatic rings. The van der Waals surface area contributed by atoms with Gasteiger partial charge in [-0.15, -0.1) is 0 Å². The smallest absolute Gasteiger partial charge is 0.194 e. The van der Waals surface area contributed by atoms with Crippen LogP contribution in [0.1, 0.15) is 11.4 Å². The molecule has 0 spiro atoms. The van der Waals surface area contributed by atoms with Gasteiger partial charge in [0.1, 0.15) is 0 Å². The third-order valence-corrected chi connectivity index (χ3v) is 2.47. The van der Waals surface area contributed by atoms with Crippen molar-refractivity contribution in [3.8, 4) is 11.3 Å². The molecular formula is C12H9F3N2. The van der Waals surface area contributed by atoms with Crippen molar-refractivity contribution in [1.82, 2.24) is 9.97 Å². The lowest BCUT2D eigenvalue weighted by Crippen LogP contribution is -1.97. The molecule has 0 bridgehead atoms. The van der Waals surface area contributed by atoms with E-state index in [0.717, 1.165) is 17.8 Å². The first-order valence-corrected chi connectivity index (χ1v) is 4.94. The van der Waals surface area contributed by atoms with Crippen LogP contribution in [0.25, 0.3) is 11.3 Å². The SMILES string of the molecule is Cc1ncc(-c2cc(F)c(F)c(F)c2)nc1C. The Morgan fingerprint density at radius 1 is 0.941 bits per heavy atom. The molecule has 1 aromatic carbocycles. The van der Waals surface area contributed by atoms with Crippen LogP contribution in [0.15, 0.2) is 18.3 Å². The first-order chi connectivity index (χ1) is 7.99. The molecule has 0 aliphatic carbocycles. The van der Waals surface area contributed by atoms with E-state index in [1.54, 1.807) is 13.8 Å². The zero-order valence-electron chi connectivity index (χ0n) is 9.26. The van der Waals surface area contributed by atoms with Gasteiger partial charge in [0.2, 0.25) is 0 Å². The Labute approximate surface area is 96.2 Å². The molecule has 1 heterocycles. The molecule has 0 saturated carbocycles. The lowest BCUT2D eigenvalue weighted by Gasteiger charge is -2.05. The van der Waals surface area contributed by atoms with Crippen molar-refractivity contribution in [1.29, 1.82) is 0 Å². The molecule has 88 valence electrons. The summed E-state index contributed by atoms with van der Waals surface area (Å²) in [5.41, 5.74) is 1.87. The van der Waals surface area contributed by atoms with Crippen LogP contribution in [-0.2, 0) is 0 Å². The van der Waals surface area contributed by atoms with E-state index in [4.69, 9.17) is 0 Å². The summed E-state index contributed by atoms with van der Waals surface area (Å²) in [5, 5.41) is 0. The number of nitrogens with zero attached hydrogens (tertiary/aromatic N) is 2. The normalized spacial score (nSPS) is 10.6. The molecule has 0 atom stereocenters. The number of hydrogen-bond acceptors (Lipinski definition) is 2. The van der Waals surface area contributed by atoms with E-state index in [-0.39, 0.29) is 5.56 Å². The molecule has 5 heteroatoms. The third-order valence-electron chi connectivity index (χ3n) is 2.47. The van der Waals surface area contributed by atoms with Gasteiger partial charge in [-0.05, 0) is 26.0 Å². The Morgan fingerprint density at radius 2 is 1.53 bits per heavy atom. The second kappa shape index (κ2) is 4.16. The number of halogens is 3. The largest absolute Gasteiger partial charge is 0.257 e. The second-order valence-electron chi connectivity index (χ2n) is 3.68. The maximum Gasteiger partial charge on any atom is 0.194 e. The number of rotatable bonds is 1. The van der Waals surface area contributed by atoms with Crippen molar-refractivity contribution in [2.24, 2.45) is 0 Å². The Balaban J connectivity index is 2.57. The van der Waals surface area contributed by atoms with Gasteiger partial charge in [-0.25, -0.2) is 18.2 Å². The van der Waals surface area contributed by atoms with Gasteiger partial charge in [-0.3, -0.25) is 4.98 Å². The molecule has 0 aliphatic rings. The average molecular weight is 238 g/mol. The lowest BCUT2D eigenvalue weighted by atomic mass is 10.1. The molecule has 0 saturated heterocycles. The van der Waals surface area contributed by atoms with Gasteiger partial charge in [-0.1, -0.05) is 0 Å². The van der Waals surface area contributed by atoms with Gasteiger partial charge < -0.3 is 0 Å². The predicted molar refractivity (Wildman–Crippen MR) is 56.8 cm³/mol. The molecule has 0 aliphatic heterocycles. The minimum Gasteiger partial charge on any atom is -0.257 e. The Bertz CT molecular complexity index is 559. The van der Waals surface area contributed by atoms with Gasteiger partial charge in [0.05, 0.1) is 23.3 Å². The van der Waals surface area contributed by atoms with Crippen LogP contribution in [0.5, 0.6) is 0 Å². The van der Waals surface area contributed by atoms with Crippen LogP contribution in [0.2, 0.25) is 0 Å². The Hall–Kier alpha value is -1.91. The minimum absolute atomic E-state index is 0.164. The van der Waals surface area contributed by atoms with E-state index >= 15 is 0 Å². The highest BCUT2D eigenvalue weighted by molar-refractivity contribution is 5.58. The predicted octanol–water partition coefficient (Wildman–Crippen LogP) is 3.18. The van der Waals surface area contributed by atoms with E-state index in [2.05, 4.69) is 9.97 Å². The Morgan fingerprint density at radius 3 is 2.06 bits per heavy atom. The van der Waals surface area contributed by atoms with Gasteiger partial charge in [-0.2, -0.15) is 0 Å². The van der Waals surface area contributed by atoms with E-state index in [1.165, 1.54) is 6.20 Å². The highest BCUT2D eigenvalue weighted by atomic mass is 19.2. The molecule has 17 heavy (non-hydrogen) atoms. The van der Waals surface area contributed by atoms with Crippen LogP contribution < -0.4 is 0 Å². The lowest BCUT2D eigenvalue weighted by molar-refractivity contribution is 0.447. The maximum absolute atomic E-state index is 13.0. The first-order valence-electron chi connectivity index (χ1n) is 4.94. The van der Waals surface area contributed by atoms with Crippen molar-refractivity contribution < 1.29 is 13.2 Å². The van der Waals surface area contributed by atoms with Crippen LogP contribution >= 0.6 is 0 Å². The second-order valence-corrected chi connectivity index (χ2v) is 3.68.